The smallest absolute Gasteiger partial charge is 0.225 e. The maximum Gasteiger partial charge on any atom is 0.225 e. The lowest BCUT2D eigenvalue weighted by atomic mass is 10.2. The van der Waals surface area contributed by atoms with Crippen LogP contribution in [0.4, 0.5) is 5.69 Å². The number of amides is 1. The highest BCUT2D eigenvalue weighted by Gasteiger charge is 2.16. The molecule has 148 valence electrons. The summed E-state index contributed by atoms with van der Waals surface area (Å²) in [6, 6.07) is 25.1. The van der Waals surface area contributed by atoms with Gasteiger partial charge in [0.1, 0.15) is 18.1 Å². The summed E-state index contributed by atoms with van der Waals surface area (Å²) in [5.74, 6) is 2.26. The number of anilines is 1. The molecule has 5 heteroatoms. The molecular formula is C24H24N2O3. The Hall–Kier alpha value is -3.31. The van der Waals surface area contributed by atoms with Crippen LogP contribution in [0, 0.1) is 0 Å². The van der Waals surface area contributed by atoms with Gasteiger partial charge in [-0.3, -0.25) is 9.69 Å². The Balaban J connectivity index is 1.35. The standard InChI is InChI=1S/C24H24N2O3/c27-24(14-15-26-16-17-28-22-12-6-4-8-19(22)18-26)25-21-11-5-7-13-23(21)29-20-9-2-1-3-10-20/h1-13H,14-18H2,(H,25,27). The van der Waals surface area contributed by atoms with E-state index in [1.807, 2.05) is 72.8 Å². The lowest BCUT2D eigenvalue weighted by molar-refractivity contribution is -0.116. The van der Waals surface area contributed by atoms with Crippen molar-refractivity contribution in [2.75, 3.05) is 25.0 Å². The molecule has 0 atom stereocenters. The number of benzene rings is 3. The summed E-state index contributed by atoms with van der Waals surface area (Å²) in [6.07, 6.45) is 0.405. The molecule has 0 saturated heterocycles. The summed E-state index contributed by atoms with van der Waals surface area (Å²) in [5.41, 5.74) is 1.83. The van der Waals surface area contributed by atoms with Crippen LogP contribution < -0.4 is 14.8 Å². The second kappa shape index (κ2) is 9.26. The Morgan fingerprint density at radius 1 is 0.966 bits per heavy atom. The Morgan fingerprint density at radius 3 is 2.62 bits per heavy atom. The number of fused-ring (bicyclic) bond motifs is 1. The molecule has 1 aliphatic heterocycles. The maximum atomic E-state index is 12.6. The van der Waals surface area contributed by atoms with Gasteiger partial charge >= 0.3 is 0 Å². The summed E-state index contributed by atoms with van der Waals surface area (Å²) in [6.45, 7) is 2.89. The van der Waals surface area contributed by atoms with E-state index in [4.69, 9.17) is 9.47 Å². The summed E-state index contributed by atoms with van der Waals surface area (Å²) in [4.78, 5) is 14.8. The monoisotopic (exact) mass is 388 g/mol. The van der Waals surface area contributed by atoms with E-state index in [0.717, 1.165) is 30.2 Å². The normalized spacial score (nSPS) is 13.7. The Bertz CT molecular complexity index is 959. The van der Waals surface area contributed by atoms with E-state index < -0.39 is 0 Å². The van der Waals surface area contributed by atoms with Crippen molar-refractivity contribution in [2.24, 2.45) is 0 Å². The Morgan fingerprint density at radius 2 is 1.72 bits per heavy atom. The zero-order valence-corrected chi connectivity index (χ0v) is 16.2. The van der Waals surface area contributed by atoms with Crippen molar-refractivity contribution in [1.29, 1.82) is 0 Å². The third-order valence-electron chi connectivity index (χ3n) is 4.82. The third kappa shape index (κ3) is 5.15. The largest absolute Gasteiger partial charge is 0.492 e. The van der Waals surface area contributed by atoms with Gasteiger partial charge < -0.3 is 14.8 Å². The predicted octanol–water partition coefficient (Wildman–Crippen LogP) is 4.70. The van der Waals surface area contributed by atoms with Gasteiger partial charge in [0.05, 0.1) is 5.69 Å². The van der Waals surface area contributed by atoms with Crippen molar-refractivity contribution in [1.82, 2.24) is 4.90 Å². The van der Waals surface area contributed by atoms with Gasteiger partial charge in [0.25, 0.3) is 0 Å². The van der Waals surface area contributed by atoms with Crippen molar-refractivity contribution in [3.8, 4) is 17.2 Å². The summed E-state index contributed by atoms with van der Waals surface area (Å²) >= 11 is 0. The minimum atomic E-state index is -0.0347. The van der Waals surface area contributed by atoms with Crippen LogP contribution in [0.1, 0.15) is 12.0 Å². The van der Waals surface area contributed by atoms with Crippen molar-refractivity contribution in [3.63, 3.8) is 0 Å². The number of nitrogens with one attached hydrogen (secondary N) is 1. The second-order valence-electron chi connectivity index (χ2n) is 6.94. The Labute approximate surface area is 170 Å². The molecule has 0 unspecified atom stereocenters. The van der Waals surface area contributed by atoms with Crippen LogP contribution in [0.25, 0.3) is 0 Å². The number of carbonyl (C=O) groups is 1. The molecule has 1 heterocycles. The van der Waals surface area contributed by atoms with E-state index in [1.54, 1.807) is 0 Å². The third-order valence-corrected chi connectivity index (χ3v) is 4.82. The molecule has 1 aliphatic rings. The quantitative estimate of drug-likeness (QED) is 0.665. The first-order valence-electron chi connectivity index (χ1n) is 9.83. The fourth-order valence-corrected chi connectivity index (χ4v) is 3.32. The zero-order chi connectivity index (χ0) is 19.9. The van der Waals surface area contributed by atoms with Crippen molar-refractivity contribution in [2.45, 2.75) is 13.0 Å². The van der Waals surface area contributed by atoms with Crippen molar-refractivity contribution >= 4 is 11.6 Å². The summed E-state index contributed by atoms with van der Waals surface area (Å²) < 4.78 is 11.7. The van der Waals surface area contributed by atoms with E-state index in [2.05, 4.69) is 16.3 Å². The SMILES string of the molecule is O=C(CCN1CCOc2ccccc2C1)Nc1ccccc1Oc1ccccc1. The first-order chi connectivity index (χ1) is 14.3. The number of hydrogen-bond acceptors (Lipinski definition) is 4. The molecule has 1 N–H and O–H groups in total. The highest BCUT2D eigenvalue weighted by molar-refractivity contribution is 5.92. The molecule has 0 spiro atoms. The van der Waals surface area contributed by atoms with E-state index in [-0.39, 0.29) is 5.91 Å². The predicted molar refractivity (Wildman–Crippen MR) is 113 cm³/mol. The number of carbonyl (C=O) groups excluding carboxylic acids is 1. The van der Waals surface area contributed by atoms with Crippen LogP contribution >= 0.6 is 0 Å². The molecule has 0 aliphatic carbocycles. The average molecular weight is 388 g/mol. The second-order valence-corrected chi connectivity index (χ2v) is 6.94. The minimum absolute atomic E-state index is 0.0347. The number of rotatable bonds is 6. The molecule has 5 nitrogen and oxygen atoms in total. The first kappa shape index (κ1) is 19.0. The molecule has 0 fully saturated rings. The van der Waals surface area contributed by atoms with Gasteiger partial charge in [0.15, 0.2) is 5.75 Å². The topological polar surface area (TPSA) is 50.8 Å². The van der Waals surface area contributed by atoms with Crippen LogP contribution in [0.15, 0.2) is 78.9 Å². The molecule has 3 aromatic rings. The average Bonchev–Trinajstić information content (AvgIpc) is 2.96. The molecule has 4 rings (SSSR count). The van der Waals surface area contributed by atoms with Gasteiger partial charge in [-0.1, -0.05) is 48.5 Å². The van der Waals surface area contributed by atoms with Crippen LogP contribution in [-0.2, 0) is 11.3 Å². The number of para-hydroxylation sites is 4. The first-order valence-corrected chi connectivity index (χ1v) is 9.83. The van der Waals surface area contributed by atoms with Crippen molar-refractivity contribution < 1.29 is 14.3 Å². The van der Waals surface area contributed by atoms with E-state index in [0.29, 0.717) is 31.0 Å². The molecule has 3 aromatic carbocycles. The number of hydrogen-bond donors (Lipinski definition) is 1. The van der Waals surface area contributed by atoms with Crippen molar-refractivity contribution in [3.05, 3.63) is 84.4 Å². The summed E-state index contributed by atoms with van der Waals surface area (Å²) in [7, 11) is 0. The minimum Gasteiger partial charge on any atom is -0.492 e. The molecule has 1 amide bonds. The molecule has 0 aromatic heterocycles. The molecule has 0 radical (unpaired) electrons. The molecule has 0 bridgehead atoms. The fraction of sp³-hybridized carbons (Fsp3) is 0.208. The molecule has 0 saturated carbocycles. The molecule has 29 heavy (non-hydrogen) atoms. The number of ether oxygens (including phenoxy) is 2. The zero-order valence-electron chi connectivity index (χ0n) is 16.2. The Kier molecular flexibility index (Phi) is 6.07. The van der Waals surface area contributed by atoms with Gasteiger partial charge in [-0.05, 0) is 30.3 Å². The molecular weight excluding hydrogens is 364 g/mol. The maximum absolute atomic E-state index is 12.6. The number of nitrogens with zero attached hydrogens (tertiary/aromatic N) is 1. The van der Waals surface area contributed by atoms with Gasteiger partial charge in [-0.25, -0.2) is 0 Å². The lowest BCUT2D eigenvalue weighted by Crippen LogP contribution is -2.29. The van der Waals surface area contributed by atoms with Gasteiger partial charge in [-0.2, -0.15) is 0 Å². The van der Waals surface area contributed by atoms with Gasteiger partial charge in [0, 0.05) is 31.6 Å². The lowest BCUT2D eigenvalue weighted by Gasteiger charge is -2.19. The van der Waals surface area contributed by atoms with Crippen LogP contribution in [-0.4, -0.2) is 30.5 Å². The van der Waals surface area contributed by atoms with Crippen LogP contribution in [0.3, 0.4) is 0 Å². The van der Waals surface area contributed by atoms with E-state index >= 15 is 0 Å². The highest BCUT2D eigenvalue weighted by Crippen LogP contribution is 2.29. The van der Waals surface area contributed by atoms with E-state index in [1.165, 1.54) is 0 Å². The highest BCUT2D eigenvalue weighted by atomic mass is 16.5. The van der Waals surface area contributed by atoms with Gasteiger partial charge in [0.2, 0.25) is 5.91 Å². The summed E-state index contributed by atoms with van der Waals surface area (Å²) in [5, 5.41) is 2.98. The fourth-order valence-electron chi connectivity index (χ4n) is 3.32. The van der Waals surface area contributed by atoms with Crippen LogP contribution in [0.2, 0.25) is 0 Å². The van der Waals surface area contributed by atoms with E-state index in [9.17, 15) is 4.79 Å². The van der Waals surface area contributed by atoms with Gasteiger partial charge in [-0.15, -0.1) is 0 Å². The van der Waals surface area contributed by atoms with Crippen LogP contribution in [0.5, 0.6) is 17.2 Å².